The molecule has 6 heteroatoms. The molecule has 11 heavy (non-hydrogen) atoms. The molecule has 0 saturated heterocycles. The summed E-state index contributed by atoms with van der Waals surface area (Å²) in [6, 6.07) is 0. The van der Waals surface area contributed by atoms with E-state index < -0.39 is 0 Å². The molecule has 0 unspecified atom stereocenters. The number of nitrogens with zero attached hydrogens (tertiary/aromatic N) is 2. The molecule has 0 fully saturated rings. The number of nitrogens with one attached hydrogen (secondary N) is 1. The van der Waals surface area contributed by atoms with Crippen molar-refractivity contribution in [3.63, 3.8) is 0 Å². The van der Waals surface area contributed by atoms with Crippen LogP contribution in [0, 0.1) is 5.21 Å². The summed E-state index contributed by atoms with van der Waals surface area (Å²) in [6.07, 6.45) is 1.43. The smallest absolute Gasteiger partial charge is 0.302 e. The van der Waals surface area contributed by atoms with Gasteiger partial charge in [0.15, 0.2) is 0 Å². The maximum absolute atomic E-state index is 11.1. The molecule has 0 amide bonds. The van der Waals surface area contributed by atoms with Gasteiger partial charge in [-0.25, -0.2) is 4.98 Å². The number of anilines is 1. The lowest BCUT2D eigenvalue weighted by Gasteiger charge is -2.03. The molecule has 1 N–H and O–H groups in total. The van der Waals surface area contributed by atoms with Gasteiger partial charge in [0.05, 0.1) is 0 Å². The number of hydrogen-bond donors (Lipinski definition) is 1. The molecule has 0 aromatic carbocycles. The fourth-order valence-electron chi connectivity index (χ4n) is 0.581. The molecule has 0 spiro atoms. The Balaban J connectivity index is 3.25. The summed E-state index contributed by atoms with van der Waals surface area (Å²) in [4.78, 5) is 3.93. The van der Waals surface area contributed by atoms with Gasteiger partial charge in [0.2, 0.25) is 5.82 Å². The van der Waals surface area contributed by atoms with Gasteiger partial charge in [-0.05, 0) is 0 Å². The Kier molecular flexibility index (Phi) is 2.67. The average Bonchev–Trinajstić information content (AvgIpc) is 2.01. The number of halogens is 2. The highest BCUT2D eigenvalue weighted by molar-refractivity contribution is 9.11. The summed E-state index contributed by atoms with van der Waals surface area (Å²) < 4.78 is 1.44. The van der Waals surface area contributed by atoms with Gasteiger partial charge >= 0.3 is 4.60 Å². The molecule has 1 aromatic rings. The third-order valence-corrected chi connectivity index (χ3v) is 2.33. The second-order valence-electron chi connectivity index (χ2n) is 1.76. The SMILES string of the molecule is CNc1ncc(Br)[n+]([O-])c1Br. The summed E-state index contributed by atoms with van der Waals surface area (Å²) in [7, 11) is 1.70. The molecule has 1 rings (SSSR count). The minimum atomic E-state index is 0.370. The zero-order valence-electron chi connectivity index (χ0n) is 5.64. The van der Waals surface area contributed by atoms with Crippen molar-refractivity contribution in [1.82, 2.24) is 4.98 Å². The van der Waals surface area contributed by atoms with Gasteiger partial charge in [-0.1, -0.05) is 0 Å². The van der Waals surface area contributed by atoms with Gasteiger partial charge in [-0.15, -0.1) is 4.73 Å². The van der Waals surface area contributed by atoms with Crippen LogP contribution in [0.15, 0.2) is 15.4 Å². The molecule has 60 valence electrons. The van der Waals surface area contributed by atoms with E-state index in [2.05, 4.69) is 42.2 Å². The van der Waals surface area contributed by atoms with Crippen molar-refractivity contribution in [3.05, 3.63) is 20.6 Å². The van der Waals surface area contributed by atoms with Gasteiger partial charge in [0.1, 0.15) is 6.20 Å². The van der Waals surface area contributed by atoms with E-state index in [0.29, 0.717) is 19.8 Å². The number of rotatable bonds is 1. The Morgan fingerprint density at radius 1 is 1.64 bits per heavy atom. The molecular weight excluding hydrogens is 278 g/mol. The van der Waals surface area contributed by atoms with Crippen LogP contribution in [0.4, 0.5) is 5.82 Å². The van der Waals surface area contributed by atoms with Crippen molar-refractivity contribution in [1.29, 1.82) is 0 Å². The Morgan fingerprint density at radius 2 is 2.27 bits per heavy atom. The maximum Gasteiger partial charge on any atom is 0.302 e. The summed E-state index contributed by atoms with van der Waals surface area (Å²) in [6.45, 7) is 0. The largest absolute Gasteiger partial charge is 0.617 e. The summed E-state index contributed by atoms with van der Waals surface area (Å²) in [5, 5.41) is 13.9. The molecule has 0 radical (unpaired) electrons. The molecule has 0 aliphatic rings. The van der Waals surface area contributed by atoms with E-state index in [4.69, 9.17) is 0 Å². The highest BCUT2D eigenvalue weighted by atomic mass is 79.9. The predicted molar refractivity (Wildman–Crippen MR) is 48.1 cm³/mol. The topological polar surface area (TPSA) is 51.9 Å². The lowest BCUT2D eigenvalue weighted by molar-refractivity contribution is -0.628. The zero-order valence-corrected chi connectivity index (χ0v) is 8.81. The fraction of sp³-hybridized carbons (Fsp3) is 0.200. The fourth-order valence-corrected chi connectivity index (χ4v) is 1.59. The van der Waals surface area contributed by atoms with E-state index >= 15 is 0 Å². The zero-order chi connectivity index (χ0) is 8.43. The highest BCUT2D eigenvalue weighted by Gasteiger charge is 2.12. The second kappa shape index (κ2) is 3.36. The van der Waals surface area contributed by atoms with Gasteiger partial charge in [-0.2, -0.15) is 0 Å². The molecule has 0 saturated carbocycles. The van der Waals surface area contributed by atoms with Crippen LogP contribution in [0.5, 0.6) is 0 Å². The van der Waals surface area contributed by atoms with E-state index in [1.54, 1.807) is 7.05 Å². The van der Waals surface area contributed by atoms with Crippen LogP contribution >= 0.6 is 31.9 Å². The van der Waals surface area contributed by atoms with Gasteiger partial charge in [0, 0.05) is 38.9 Å². The first-order chi connectivity index (χ1) is 5.16. The van der Waals surface area contributed by atoms with E-state index in [1.165, 1.54) is 6.20 Å². The van der Waals surface area contributed by atoms with Gasteiger partial charge in [0.25, 0.3) is 4.60 Å². The Bertz CT molecular complexity index is 279. The molecule has 4 nitrogen and oxygen atoms in total. The highest BCUT2D eigenvalue weighted by Crippen LogP contribution is 2.15. The number of hydrogen-bond acceptors (Lipinski definition) is 3. The van der Waals surface area contributed by atoms with Gasteiger partial charge < -0.3 is 10.5 Å². The summed E-state index contributed by atoms with van der Waals surface area (Å²) in [5.41, 5.74) is 0. The van der Waals surface area contributed by atoms with E-state index in [-0.39, 0.29) is 0 Å². The minimum absolute atomic E-state index is 0.370. The van der Waals surface area contributed by atoms with Crippen molar-refractivity contribution >= 4 is 37.7 Å². The first kappa shape index (κ1) is 8.73. The quantitative estimate of drug-likeness (QED) is 0.624. The maximum atomic E-state index is 11.1. The van der Waals surface area contributed by atoms with Crippen molar-refractivity contribution in [3.8, 4) is 0 Å². The van der Waals surface area contributed by atoms with Crippen LogP contribution in [0.1, 0.15) is 0 Å². The van der Waals surface area contributed by atoms with E-state index in [9.17, 15) is 5.21 Å². The lowest BCUT2D eigenvalue weighted by atomic mass is 10.7. The average molecular weight is 283 g/mol. The Labute approximate surface area is 80.5 Å². The van der Waals surface area contributed by atoms with E-state index in [0.717, 1.165) is 0 Å². The van der Waals surface area contributed by atoms with Crippen LogP contribution in [0.3, 0.4) is 0 Å². The Morgan fingerprint density at radius 3 is 2.82 bits per heavy atom. The van der Waals surface area contributed by atoms with Crippen LogP contribution in [0.25, 0.3) is 0 Å². The first-order valence-electron chi connectivity index (χ1n) is 2.78. The molecule has 0 bridgehead atoms. The second-order valence-corrected chi connectivity index (χ2v) is 3.33. The number of aromatic nitrogens is 2. The predicted octanol–water partition coefficient (Wildman–Crippen LogP) is 1.28. The van der Waals surface area contributed by atoms with Crippen LogP contribution in [-0.2, 0) is 0 Å². The van der Waals surface area contributed by atoms with Crippen LogP contribution in [0.2, 0.25) is 0 Å². The first-order valence-corrected chi connectivity index (χ1v) is 4.36. The monoisotopic (exact) mass is 281 g/mol. The van der Waals surface area contributed by atoms with Gasteiger partial charge in [-0.3, -0.25) is 0 Å². The van der Waals surface area contributed by atoms with Crippen molar-refractivity contribution < 1.29 is 4.73 Å². The van der Waals surface area contributed by atoms with Crippen molar-refractivity contribution in [2.24, 2.45) is 0 Å². The molecule has 1 aromatic heterocycles. The van der Waals surface area contributed by atoms with Crippen molar-refractivity contribution in [2.75, 3.05) is 12.4 Å². The standard InChI is InChI=1S/C5H5Br2N3O/c1-8-5-4(7)10(11)3(6)2-9-5/h2H,1H3,(H,8,9). The van der Waals surface area contributed by atoms with Crippen molar-refractivity contribution in [2.45, 2.75) is 0 Å². The normalized spacial score (nSPS) is 9.73. The van der Waals surface area contributed by atoms with Crippen LogP contribution < -0.4 is 10.0 Å². The van der Waals surface area contributed by atoms with Crippen LogP contribution in [-0.4, -0.2) is 12.0 Å². The molecular formula is C5H5Br2N3O. The minimum Gasteiger partial charge on any atom is -0.617 e. The summed E-state index contributed by atoms with van der Waals surface area (Å²) in [5.74, 6) is 0.517. The molecule has 0 atom stereocenters. The molecule has 0 aliphatic carbocycles. The third kappa shape index (κ3) is 1.62. The van der Waals surface area contributed by atoms with E-state index in [1.807, 2.05) is 0 Å². The molecule has 0 aliphatic heterocycles. The molecule has 1 heterocycles. The third-order valence-electron chi connectivity index (χ3n) is 1.10. The summed E-state index contributed by atoms with van der Waals surface area (Å²) >= 11 is 6.13. The Hall–Kier alpha value is -0.360. The lowest BCUT2D eigenvalue weighted by Crippen LogP contribution is -2.31.